The lowest BCUT2D eigenvalue weighted by Gasteiger charge is -2.21. The first-order valence-corrected chi connectivity index (χ1v) is 7.82. The maximum atomic E-state index is 9.32. The van der Waals surface area contributed by atoms with Crippen LogP contribution in [0.2, 0.25) is 0 Å². The minimum Gasteiger partial charge on any atom is -0.508 e. The quantitative estimate of drug-likeness (QED) is 0.794. The Hall–Kier alpha value is -1.80. The zero-order valence-electron chi connectivity index (χ0n) is 12.8. The number of benzene rings is 2. The van der Waals surface area contributed by atoms with Crippen LogP contribution in [0.4, 0.5) is 0 Å². The maximum absolute atomic E-state index is 9.32. The summed E-state index contributed by atoms with van der Waals surface area (Å²) in [7, 11) is 0. The van der Waals surface area contributed by atoms with Crippen LogP contribution < -0.4 is 0 Å². The van der Waals surface area contributed by atoms with Gasteiger partial charge in [0.2, 0.25) is 0 Å². The molecule has 1 N–H and O–H groups in total. The Morgan fingerprint density at radius 1 is 0.762 bits per heavy atom. The summed E-state index contributed by atoms with van der Waals surface area (Å²) in [6.45, 7) is 5.56. The molecule has 0 aliphatic carbocycles. The van der Waals surface area contributed by atoms with Gasteiger partial charge in [-0.25, -0.2) is 0 Å². The molecule has 21 heavy (non-hydrogen) atoms. The molecule has 0 saturated heterocycles. The maximum Gasteiger partial charge on any atom is 0.115 e. The lowest BCUT2D eigenvalue weighted by molar-refractivity contribution is 0.281. The van der Waals surface area contributed by atoms with Crippen molar-refractivity contribution in [2.75, 3.05) is 19.6 Å². The van der Waals surface area contributed by atoms with E-state index >= 15 is 0 Å². The molecule has 0 fully saturated rings. The van der Waals surface area contributed by atoms with Crippen molar-refractivity contribution in [3.8, 4) is 5.75 Å². The number of rotatable bonds is 8. The van der Waals surface area contributed by atoms with Crippen LogP contribution in [-0.2, 0) is 12.8 Å². The van der Waals surface area contributed by atoms with Gasteiger partial charge in [-0.15, -0.1) is 0 Å². The van der Waals surface area contributed by atoms with Crippen LogP contribution in [-0.4, -0.2) is 29.6 Å². The number of aromatic hydroxyl groups is 1. The summed E-state index contributed by atoms with van der Waals surface area (Å²) in [6.07, 6.45) is 3.33. The van der Waals surface area contributed by atoms with Crippen LogP contribution in [0.25, 0.3) is 0 Å². The molecule has 2 rings (SSSR count). The van der Waals surface area contributed by atoms with Gasteiger partial charge in [-0.05, 0) is 49.1 Å². The van der Waals surface area contributed by atoms with Crippen molar-refractivity contribution in [1.82, 2.24) is 4.90 Å². The van der Waals surface area contributed by atoms with Crippen LogP contribution in [0.1, 0.15) is 24.5 Å². The normalized spacial score (nSPS) is 11.0. The van der Waals surface area contributed by atoms with E-state index in [1.165, 1.54) is 17.5 Å². The van der Waals surface area contributed by atoms with Crippen molar-refractivity contribution in [3.63, 3.8) is 0 Å². The predicted octanol–water partition coefficient (Wildman–Crippen LogP) is 3.89. The SMILES string of the molecule is CCCN(CCc1ccccc1)CCc1ccc(O)cc1. The fourth-order valence-corrected chi connectivity index (χ4v) is 2.53. The van der Waals surface area contributed by atoms with Gasteiger partial charge in [-0.2, -0.15) is 0 Å². The monoisotopic (exact) mass is 283 g/mol. The van der Waals surface area contributed by atoms with Gasteiger partial charge in [0.15, 0.2) is 0 Å². The molecule has 0 bridgehead atoms. The van der Waals surface area contributed by atoms with Crippen molar-refractivity contribution >= 4 is 0 Å². The van der Waals surface area contributed by atoms with Crippen molar-refractivity contribution in [3.05, 3.63) is 65.7 Å². The van der Waals surface area contributed by atoms with E-state index in [2.05, 4.69) is 42.2 Å². The Morgan fingerprint density at radius 2 is 1.33 bits per heavy atom. The molecule has 0 aliphatic heterocycles. The molecule has 2 heteroatoms. The summed E-state index contributed by atoms with van der Waals surface area (Å²) in [5.74, 6) is 0.341. The summed E-state index contributed by atoms with van der Waals surface area (Å²) in [4.78, 5) is 2.53. The fraction of sp³-hybridized carbons (Fsp3) is 0.368. The molecule has 0 spiro atoms. The third-order valence-electron chi connectivity index (χ3n) is 3.75. The lowest BCUT2D eigenvalue weighted by Crippen LogP contribution is -2.29. The number of hydrogen-bond acceptors (Lipinski definition) is 2. The Bertz CT molecular complexity index is 507. The van der Waals surface area contributed by atoms with Crippen molar-refractivity contribution in [2.24, 2.45) is 0 Å². The molecule has 0 saturated carbocycles. The van der Waals surface area contributed by atoms with E-state index < -0.39 is 0 Å². The molecule has 0 atom stereocenters. The smallest absolute Gasteiger partial charge is 0.115 e. The zero-order valence-corrected chi connectivity index (χ0v) is 12.8. The van der Waals surface area contributed by atoms with Crippen LogP contribution in [0, 0.1) is 0 Å². The van der Waals surface area contributed by atoms with E-state index in [-0.39, 0.29) is 0 Å². The average molecular weight is 283 g/mol. The van der Waals surface area contributed by atoms with Crippen molar-refractivity contribution in [2.45, 2.75) is 26.2 Å². The van der Waals surface area contributed by atoms with Gasteiger partial charge in [0.25, 0.3) is 0 Å². The number of hydrogen-bond donors (Lipinski definition) is 1. The van der Waals surface area contributed by atoms with E-state index in [0.717, 1.165) is 32.5 Å². The minimum absolute atomic E-state index is 0.341. The topological polar surface area (TPSA) is 23.5 Å². The minimum atomic E-state index is 0.341. The summed E-state index contributed by atoms with van der Waals surface area (Å²) in [5, 5.41) is 9.32. The number of nitrogens with zero attached hydrogens (tertiary/aromatic N) is 1. The van der Waals surface area contributed by atoms with Crippen molar-refractivity contribution < 1.29 is 5.11 Å². The van der Waals surface area contributed by atoms with E-state index in [0.29, 0.717) is 5.75 Å². The van der Waals surface area contributed by atoms with E-state index in [1.807, 2.05) is 12.1 Å². The van der Waals surface area contributed by atoms with Gasteiger partial charge in [0, 0.05) is 13.1 Å². The summed E-state index contributed by atoms with van der Waals surface area (Å²) < 4.78 is 0. The van der Waals surface area contributed by atoms with Gasteiger partial charge in [0.1, 0.15) is 5.75 Å². The first-order chi connectivity index (χ1) is 10.3. The van der Waals surface area contributed by atoms with Gasteiger partial charge in [-0.3, -0.25) is 0 Å². The highest BCUT2D eigenvalue weighted by Crippen LogP contribution is 2.11. The van der Waals surface area contributed by atoms with Crippen LogP contribution in [0.3, 0.4) is 0 Å². The Kier molecular flexibility index (Phi) is 6.29. The number of phenols is 1. The summed E-state index contributed by atoms with van der Waals surface area (Å²) in [6, 6.07) is 18.2. The predicted molar refractivity (Wildman–Crippen MR) is 88.7 cm³/mol. The lowest BCUT2D eigenvalue weighted by atomic mass is 10.1. The first kappa shape index (κ1) is 15.6. The Labute approximate surface area is 128 Å². The standard InChI is InChI=1S/C19H25NO/c1-2-14-20(15-12-17-6-4-3-5-7-17)16-13-18-8-10-19(21)11-9-18/h3-11,21H,2,12-16H2,1H3. The second-order valence-electron chi connectivity index (χ2n) is 5.49. The molecule has 0 aromatic heterocycles. The molecular weight excluding hydrogens is 258 g/mol. The molecule has 2 aromatic carbocycles. The highest BCUT2D eigenvalue weighted by molar-refractivity contribution is 5.26. The molecule has 0 heterocycles. The molecule has 2 nitrogen and oxygen atoms in total. The highest BCUT2D eigenvalue weighted by Gasteiger charge is 2.05. The van der Waals surface area contributed by atoms with Gasteiger partial charge >= 0.3 is 0 Å². The molecule has 0 radical (unpaired) electrons. The van der Waals surface area contributed by atoms with Crippen LogP contribution in [0.15, 0.2) is 54.6 Å². The Balaban J connectivity index is 1.82. The molecule has 0 amide bonds. The van der Waals surface area contributed by atoms with Gasteiger partial charge in [0.05, 0.1) is 0 Å². The van der Waals surface area contributed by atoms with E-state index in [9.17, 15) is 5.11 Å². The average Bonchev–Trinajstić information content (AvgIpc) is 2.52. The number of phenolic OH excluding ortho intramolecular Hbond substituents is 1. The van der Waals surface area contributed by atoms with Crippen LogP contribution >= 0.6 is 0 Å². The molecule has 0 unspecified atom stereocenters. The summed E-state index contributed by atoms with van der Waals surface area (Å²) >= 11 is 0. The third kappa shape index (κ3) is 5.60. The molecular formula is C19H25NO. The molecule has 2 aromatic rings. The van der Waals surface area contributed by atoms with E-state index in [1.54, 1.807) is 12.1 Å². The largest absolute Gasteiger partial charge is 0.508 e. The highest BCUT2D eigenvalue weighted by atomic mass is 16.3. The van der Waals surface area contributed by atoms with Gasteiger partial charge in [-0.1, -0.05) is 49.4 Å². The summed E-state index contributed by atoms with van der Waals surface area (Å²) in [5.41, 5.74) is 2.69. The molecule has 0 aliphatic rings. The van der Waals surface area contributed by atoms with Crippen LogP contribution in [0.5, 0.6) is 5.75 Å². The molecule has 112 valence electrons. The third-order valence-corrected chi connectivity index (χ3v) is 3.75. The fourth-order valence-electron chi connectivity index (χ4n) is 2.53. The van der Waals surface area contributed by atoms with Crippen molar-refractivity contribution in [1.29, 1.82) is 0 Å². The first-order valence-electron chi connectivity index (χ1n) is 7.82. The Morgan fingerprint density at radius 3 is 1.90 bits per heavy atom. The second kappa shape index (κ2) is 8.48. The van der Waals surface area contributed by atoms with E-state index in [4.69, 9.17) is 0 Å². The second-order valence-corrected chi connectivity index (χ2v) is 5.49. The zero-order chi connectivity index (χ0) is 14.9. The van der Waals surface area contributed by atoms with Gasteiger partial charge < -0.3 is 10.0 Å².